The van der Waals surface area contributed by atoms with Gasteiger partial charge in [-0.15, -0.1) is 0 Å². The molecule has 0 aliphatic carbocycles. The summed E-state index contributed by atoms with van der Waals surface area (Å²) in [4.78, 5) is 6.68. The van der Waals surface area contributed by atoms with Gasteiger partial charge in [-0.25, -0.2) is 0 Å². The fourth-order valence-electron chi connectivity index (χ4n) is 2.48. The first-order valence-corrected chi connectivity index (χ1v) is 6.89. The molecule has 7 nitrogen and oxygen atoms in total. The Kier molecular flexibility index (Phi) is 5.25. The predicted octanol–water partition coefficient (Wildman–Crippen LogP) is 2.37. The summed E-state index contributed by atoms with van der Waals surface area (Å²) in [6, 6.07) is 13.8. The molecule has 1 heterocycles. The van der Waals surface area contributed by atoms with Crippen molar-refractivity contribution in [3.05, 3.63) is 57.7 Å². The zero-order valence-electron chi connectivity index (χ0n) is 12.1. The number of rotatable bonds is 5. The monoisotopic (exact) mass is 293 g/mol. The number of nitrogens with zero attached hydrogens (tertiary/aromatic N) is 7. The van der Waals surface area contributed by atoms with E-state index in [1.54, 1.807) is 0 Å². The topological polar surface area (TPSA) is 103 Å². The van der Waals surface area contributed by atoms with Gasteiger partial charge in [-0.1, -0.05) is 35.4 Å². The van der Waals surface area contributed by atoms with E-state index in [4.69, 9.17) is 5.53 Å². The van der Waals surface area contributed by atoms with Gasteiger partial charge in [0.25, 0.3) is 0 Å². The molecule has 1 aliphatic heterocycles. The summed E-state index contributed by atoms with van der Waals surface area (Å²) in [7, 11) is 0. The highest BCUT2D eigenvalue weighted by Crippen LogP contribution is 2.24. The highest BCUT2D eigenvalue weighted by Gasteiger charge is 2.27. The SMILES string of the molecule is N#CC(C#N)=C1N(CCN=[N+]=[N-])CCN1Cc1ccccc1. The number of hydrogen-bond donors (Lipinski definition) is 0. The molecule has 110 valence electrons. The minimum Gasteiger partial charge on any atom is -0.355 e. The third-order valence-electron chi connectivity index (χ3n) is 3.44. The molecule has 0 saturated carbocycles. The van der Waals surface area contributed by atoms with Gasteiger partial charge in [0.15, 0.2) is 5.57 Å². The number of nitriles is 2. The van der Waals surface area contributed by atoms with Crippen LogP contribution in [0, 0.1) is 22.7 Å². The molecule has 1 saturated heterocycles. The lowest BCUT2D eigenvalue weighted by atomic mass is 10.2. The maximum Gasteiger partial charge on any atom is 0.169 e. The third kappa shape index (κ3) is 3.49. The molecule has 0 amide bonds. The van der Waals surface area contributed by atoms with Crippen LogP contribution >= 0.6 is 0 Å². The average molecular weight is 293 g/mol. The van der Waals surface area contributed by atoms with Crippen LogP contribution in [0.5, 0.6) is 0 Å². The van der Waals surface area contributed by atoms with E-state index in [1.165, 1.54) is 0 Å². The third-order valence-corrected chi connectivity index (χ3v) is 3.44. The second-order valence-corrected chi connectivity index (χ2v) is 4.77. The lowest BCUT2D eigenvalue weighted by molar-refractivity contribution is 0.333. The van der Waals surface area contributed by atoms with Crippen molar-refractivity contribution < 1.29 is 0 Å². The molecule has 2 rings (SSSR count). The smallest absolute Gasteiger partial charge is 0.169 e. The second kappa shape index (κ2) is 7.58. The van der Waals surface area contributed by atoms with Crippen LogP contribution in [0.15, 0.2) is 46.8 Å². The Morgan fingerprint density at radius 1 is 1.18 bits per heavy atom. The molecule has 1 fully saturated rings. The molecular weight excluding hydrogens is 278 g/mol. The number of azide groups is 1. The van der Waals surface area contributed by atoms with E-state index in [0.717, 1.165) is 12.1 Å². The van der Waals surface area contributed by atoms with Gasteiger partial charge in [-0.2, -0.15) is 10.5 Å². The lowest BCUT2D eigenvalue weighted by Gasteiger charge is -2.24. The van der Waals surface area contributed by atoms with Crippen molar-refractivity contribution in [1.82, 2.24) is 9.80 Å². The van der Waals surface area contributed by atoms with E-state index < -0.39 is 0 Å². The molecular formula is C15H15N7. The van der Waals surface area contributed by atoms with Crippen LogP contribution in [0.3, 0.4) is 0 Å². The van der Waals surface area contributed by atoms with E-state index in [1.807, 2.05) is 52.3 Å². The van der Waals surface area contributed by atoms with E-state index in [2.05, 4.69) is 10.0 Å². The molecule has 1 aromatic rings. The van der Waals surface area contributed by atoms with Crippen molar-refractivity contribution in [2.24, 2.45) is 5.11 Å². The van der Waals surface area contributed by atoms with E-state index >= 15 is 0 Å². The van der Waals surface area contributed by atoms with Gasteiger partial charge in [-0.05, 0) is 11.1 Å². The van der Waals surface area contributed by atoms with Crippen molar-refractivity contribution in [2.45, 2.75) is 6.54 Å². The number of hydrogen-bond acceptors (Lipinski definition) is 5. The van der Waals surface area contributed by atoms with Crippen molar-refractivity contribution >= 4 is 0 Å². The summed E-state index contributed by atoms with van der Waals surface area (Å²) in [6.45, 7) is 2.88. The van der Waals surface area contributed by atoms with Gasteiger partial charge in [0, 0.05) is 37.6 Å². The quantitative estimate of drug-likeness (QED) is 0.360. The van der Waals surface area contributed by atoms with Crippen molar-refractivity contribution in [3.8, 4) is 12.1 Å². The zero-order chi connectivity index (χ0) is 15.8. The Labute approximate surface area is 128 Å². The van der Waals surface area contributed by atoms with Crippen LogP contribution in [0.1, 0.15) is 5.56 Å². The van der Waals surface area contributed by atoms with Gasteiger partial charge in [0.05, 0.1) is 0 Å². The molecule has 0 radical (unpaired) electrons. The van der Waals surface area contributed by atoms with Crippen LogP contribution in [0.4, 0.5) is 0 Å². The summed E-state index contributed by atoms with van der Waals surface area (Å²) >= 11 is 0. The second-order valence-electron chi connectivity index (χ2n) is 4.77. The van der Waals surface area contributed by atoms with Crippen LogP contribution in [-0.2, 0) is 6.54 Å². The maximum absolute atomic E-state index is 9.19. The highest BCUT2D eigenvalue weighted by molar-refractivity contribution is 5.40. The van der Waals surface area contributed by atoms with Crippen molar-refractivity contribution in [2.75, 3.05) is 26.2 Å². The van der Waals surface area contributed by atoms with Gasteiger partial charge in [0.2, 0.25) is 0 Å². The van der Waals surface area contributed by atoms with Crippen molar-refractivity contribution in [3.63, 3.8) is 0 Å². The number of benzene rings is 1. The summed E-state index contributed by atoms with van der Waals surface area (Å²) in [6.07, 6.45) is 0. The summed E-state index contributed by atoms with van der Waals surface area (Å²) in [5.41, 5.74) is 9.58. The molecule has 0 unspecified atom stereocenters. The van der Waals surface area contributed by atoms with E-state index in [0.29, 0.717) is 32.0 Å². The Balaban J connectivity index is 2.23. The Hall–Kier alpha value is -3.15. The molecule has 0 bridgehead atoms. The maximum atomic E-state index is 9.19. The van der Waals surface area contributed by atoms with E-state index in [9.17, 15) is 10.5 Å². The molecule has 0 aromatic heterocycles. The summed E-state index contributed by atoms with van der Waals surface area (Å²) < 4.78 is 0. The first-order chi connectivity index (χ1) is 10.8. The normalized spacial score (nSPS) is 13.3. The first kappa shape index (κ1) is 15.2. The Bertz CT molecular complexity index is 658. The highest BCUT2D eigenvalue weighted by atomic mass is 15.4. The van der Waals surface area contributed by atoms with Gasteiger partial charge < -0.3 is 9.80 Å². The lowest BCUT2D eigenvalue weighted by Crippen LogP contribution is -2.26. The van der Waals surface area contributed by atoms with Gasteiger partial charge >= 0.3 is 0 Å². The summed E-state index contributed by atoms with van der Waals surface area (Å²) in [5, 5.41) is 21.9. The van der Waals surface area contributed by atoms with Crippen LogP contribution < -0.4 is 0 Å². The molecule has 7 heteroatoms. The fraction of sp³-hybridized carbons (Fsp3) is 0.333. The Morgan fingerprint density at radius 3 is 2.50 bits per heavy atom. The molecule has 1 aromatic carbocycles. The molecule has 1 aliphatic rings. The van der Waals surface area contributed by atoms with Crippen molar-refractivity contribution in [1.29, 1.82) is 10.5 Å². The average Bonchev–Trinajstić information content (AvgIpc) is 2.93. The molecule has 0 atom stereocenters. The largest absolute Gasteiger partial charge is 0.355 e. The summed E-state index contributed by atoms with van der Waals surface area (Å²) in [5.74, 6) is 0.627. The minimum absolute atomic E-state index is 0.0920. The predicted molar refractivity (Wildman–Crippen MR) is 80.7 cm³/mol. The fourth-order valence-corrected chi connectivity index (χ4v) is 2.48. The minimum atomic E-state index is 0.0920. The van der Waals surface area contributed by atoms with Crippen LogP contribution in [0.25, 0.3) is 10.4 Å². The molecule has 22 heavy (non-hydrogen) atoms. The number of allylic oxidation sites excluding steroid dienone is 1. The molecule has 0 spiro atoms. The standard InChI is InChI=1S/C15H15N7/c16-10-14(11-17)15-21(7-6-19-20-18)8-9-22(15)12-13-4-2-1-3-5-13/h1-5H,6-9,12H2. The van der Waals surface area contributed by atoms with E-state index in [-0.39, 0.29) is 5.57 Å². The van der Waals surface area contributed by atoms with Gasteiger partial charge in [-0.3, -0.25) is 0 Å². The van der Waals surface area contributed by atoms with Crippen LogP contribution in [0.2, 0.25) is 0 Å². The zero-order valence-corrected chi connectivity index (χ0v) is 12.1. The van der Waals surface area contributed by atoms with Gasteiger partial charge in [0.1, 0.15) is 18.0 Å². The Morgan fingerprint density at radius 2 is 1.86 bits per heavy atom. The molecule has 0 N–H and O–H groups in total. The first-order valence-electron chi connectivity index (χ1n) is 6.89. The van der Waals surface area contributed by atoms with Crippen LogP contribution in [-0.4, -0.2) is 36.0 Å².